The summed E-state index contributed by atoms with van der Waals surface area (Å²) in [4.78, 5) is 18.1. The predicted octanol–water partition coefficient (Wildman–Crippen LogP) is 3.71. The van der Waals surface area contributed by atoms with E-state index in [2.05, 4.69) is 4.98 Å². The van der Waals surface area contributed by atoms with Crippen LogP contribution >= 0.6 is 0 Å². The van der Waals surface area contributed by atoms with Crippen molar-refractivity contribution in [2.75, 3.05) is 23.4 Å². The molecule has 0 radical (unpaired) electrons. The molecule has 166 valence electrons. The Morgan fingerprint density at radius 1 is 1.00 bits per heavy atom. The first-order chi connectivity index (χ1) is 15.3. The molecule has 2 aromatic carbocycles. The van der Waals surface area contributed by atoms with Gasteiger partial charge in [-0.3, -0.25) is 4.90 Å². The van der Waals surface area contributed by atoms with E-state index in [1.807, 2.05) is 0 Å². The minimum Gasteiger partial charge on any atom is -0.497 e. The third-order valence-corrected chi connectivity index (χ3v) is 6.66. The Morgan fingerprint density at radius 3 is 2.34 bits per heavy atom. The first-order valence-corrected chi connectivity index (χ1v) is 10.7. The van der Waals surface area contributed by atoms with Crippen molar-refractivity contribution in [1.29, 1.82) is 0 Å². The summed E-state index contributed by atoms with van der Waals surface area (Å²) < 4.78 is 66.2. The number of methoxy groups -OCH3 is 2. The van der Waals surface area contributed by atoms with E-state index in [-0.39, 0.29) is 27.9 Å². The van der Waals surface area contributed by atoms with Gasteiger partial charge in [-0.2, -0.15) is 4.31 Å². The van der Waals surface area contributed by atoms with Gasteiger partial charge in [0.2, 0.25) is 5.88 Å². The van der Waals surface area contributed by atoms with Crippen molar-refractivity contribution in [3.05, 3.63) is 71.9 Å². The maximum absolute atomic E-state index is 14.6. The Bertz CT molecular complexity index is 1290. The number of hydrogen-bond donors (Lipinski definition) is 0. The molecule has 11 heteroatoms. The molecule has 0 bridgehead atoms. The molecule has 2 amide bonds. The number of ether oxygens (including phenoxy) is 2. The quantitative estimate of drug-likeness (QED) is 0.576. The lowest BCUT2D eigenvalue weighted by Crippen LogP contribution is -2.50. The number of para-hydroxylation sites is 1. The van der Waals surface area contributed by atoms with Gasteiger partial charge in [0.05, 0.1) is 32.1 Å². The van der Waals surface area contributed by atoms with E-state index >= 15 is 0 Å². The zero-order valence-corrected chi connectivity index (χ0v) is 17.8. The highest BCUT2D eigenvalue weighted by atomic mass is 32.2. The normalized spacial score (nSPS) is 14.8. The zero-order chi connectivity index (χ0) is 23.0. The number of fused-ring (bicyclic) bond motifs is 1. The van der Waals surface area contributed by atoms with Crippen LogP contribution in [0.1, 0.15) is 5.56 Å². The number of aromatic nitrogens is 1. The number of nitrogens with zero attached hydrogens (tertiary/aromatic N) is 3. The summed E-state index contributed by atoms with van der Waals surface area (Å²) in [5.41, 5.74) is -0.443. The smallest absolute Gasteiger partial charge is 0.343 e. The Kier molecular flexibility index (Phi) is 5.43. The Labute approximate surface area is 182 Å². The number of sulfonamides is 1. The molecule has 0 aliphatic carbocycles. The van der Waals surface area contributed by atoms with E-state index in [4.69, 9.17) is 9.47 Å². The minimum atomic E-state index is -4.31. The van der Waals surface area contributed by atoms with Crippen molar-refractivity contribution in [2.24, 2.45) is 0 Å². The van der Waals surface area contributed by atoms with Gasteiger partial charge in [-0.05, 0) is 18.2 Å². The maximum atomic E-state index is 14.6. The molecule has 1 aliphatic heterocycles. The average molecular weight is 461 g/mol. The number of amides is 2. The van der Waals surface area contributed by atoms with Gasteiger partial charge in [0.1, 0.15) is 22.3 Å². The van der Waals surface area contributed by atoms with Crippen LogP contribution in [0.5, 0.6) is 11.6 Å². The average Bonchev–Trinajstić information content (AvgIpc) is 2.78. The van der Waals surface area contributed by atoms with Crippen LogP contribution in [0.2, 0.25) is 0 Å². The SMILES string of the molecule is COc1cc(F)c(CN2C(=O)N(c3ccnc(OC)c3)S(=O)(=O)c3ccccc32)c(F)c1. The highest BCUT2D eigenvalue weighted by Crippen LogP contribution is 2.39. The van der Waals surface area contributed by atoms with E-state index in [1.165, 1.54) is 56.8 Å². The molecule has 0 spiro atoms. The summed E-state index contributed by atoms with van der Waals surface area (Å²) in [6, 6.07) is 9.29. The van der Waals surface area contributed by atoms with Crippen LogP contribution in [0.3, 0.4) is 0 Å². The molecule has 1 aliphatic rings. The van der Waals surface area contributed by atoms with E-state index in [0.29, 0.717) is 4.31 Å². The predicted molar refractivity (Wildman–Crippen MR) is 111 cm³/mol. The van der Waals surface area contributed by atoms with Crippen LogP contribution in [0.25, 0.3) is 0 Å². The van der Waals surface area contributed by atoms with Crippen molar-refractivity contribution in [2.45, 2.75) is 11.4 Å². The highest BCUT2D eigenvalue weighted by molar-refractivity contribution is 7.94. The number of carbonyl (C=O) groups excluding carboxylic acids is 1. The molecule has 3 aromatic rings. The molecule has 1 aromatic heterocycles. The number of hydrogen-bond acceptors (Lipinski definition) is 6. The van der Waals surface area contributed by atoms with Gasteiger partial charge in [-0.15, -0.1) is 0 Å². The lowest BCUT2D eigenvalue weighted by Gasteiger charge is -2.36. The van der Waals surface area contributed by atoms with Gasteiger partial charge in [-0.25, -0.2) is 27.0 Å². The molecular formula is C21H17F2N3O5S. The summed E-state index contributed by atoms with van der Waals surface area (Å²) in [6.45, 7) is -0.550. The minimum absolute atomic E-state index is 0.00406. The number of pyridine rings is 1. The molecule has 0 fully saturated rings. The fraction of sp³-hybridized carbons (Fsp3) is 0.143. The number of anilines is 2. The van der Waals surface area contributed by atoms with Crippen molar-refractivity contribution in [3.63, 3.8) is 0 Å². The summed E-state index contributed by atoms with van der Waals surface area (Å²) in [5, 5.41) is 0. The molecule has 0 atom stereocenters. The van der Waals surface area contributed by atoms with Gasteiger partial charge in [0.25, 0.3) is 10.0 Å². The first-order valence-electron chi connectivity index (χ1n) is 9.25. The fourth-order valence-electron chi connectivity index (χ4n) is 3.36. The second kappa shape index (κ2) is 8.08. The lowest BCUT2D eigenvalue weighted by molar-refractivity contribution is 0.253. The van der Waals surface area contributed by atoms with E-state index in [0.717, 1.165) is 17.0 Å². The molecule has 8 nitrogen and oxygen atoms in total. The number of urea groups is 1. The largest absolute Gasteiger partial charge is 0.497 e. The van der Waals surface area contributed by atoms with Crippen LogP contribution in [-0.2, 0) is 16.6 Å². The molecule has 32 heavy (non-hydrogen) atoms. The standard InChI is InChI=1S/C21H17F2N3O5S/c1-30-14-10-16(22)15(17(23)11-14)12-25-18-5-3-4-6-19(18)32(28,29)26(21(25)27)13-7-8-24-20(9-13)31-2/h3-11H,12H2,1-2H3. The highest BCUT2D eigenvalue weighted by Gasteiger charge is 2.43. The second-order valence-electron chi connectivity index (χ2n) is 6.73. The van der Waals surface area contributed by atoms with Crippen molar-refractivity contribution < 1.29 is 31.5 Å². The van der Waals surface area contributed by atoms with Crippen LogP contribution in [0, 0.1) is 11.6 Å². The monoisotopic (exact) mass is 461 g/mol. The fourth-order valence-corrected chi connectivity index (χ4v) is 4.94. The van der Waals surface area contributed by atoms with Crippen molar-refractivity contribution >= 4 is 27.4 Å². The molecular weight excluding hydrogens is 444 g/mol. The molecule has 0 unspecified atom stereocenters. The molecule has 4 rings (SSSR count). The van der Waals surface area contributed by atoms with Gasteiger partial charge in [0.15, 0.2) is 0 Å². The summed E-state index contributed by atoms with van der Waals surface area (Å²) in [6.07, 6.45) is 1.28. The Balaban J connectivity index is 1.87. The van der Waals surface area contributed by atoms with Gasteiger partial charge in [-0.1, -0.05) is 12.1 Å². The zero-order valence-electron chi connectivity index (χ0n) is 17.0. The van der Waals surface area contributed by atoms with Crippen molar-refractivity contribution in [1.82, 2.24) is 4.98 Å². The molecule has 0 N–H and O–H groups in total. The van der Waals surface area contributed by atoms with Gasteiger partial charge in [0, 0.05) is 30.0 Å². The van der Waals surface area contributed by atoms with E-state index < -0.39 is 39.8 Å². The number of rotatable bonds is 5. The topological polar surface area (TPSA) is 89.0 Å². The Hall–Kier alpha value is -3.73. The van der Waals surface area contributed by atoms with Crippen LogP contribution in [0.4, 0.5) is 25.0 Å². The lowest BCUT2D eigenvalue weighted by atomic mass is 10.1. The molecule has 0 saturated heterocycles. The Morgan fingerprint density at radius 2 is 1.69 bits per heavy atom. The van der Waals surface area contributed by atoms with Crippen LogP contribution < -0.4 is 18.7 Å². The third kappa shape index (κ3) is 3.50. The van der Waals surface area contributed by atoms with Gasteiger partial charge >= 0.3 is 6.03 Å². The molecule has 0 saturated carbocycles. The maximum Gasteiger partial charge on any atom is 0.343 e. The summed E-state index contributed by atoms with van der Waals surface area (Å²) >= 11 is 0. The van der Waals surface area contributed by atoms with E-state index in [1.54, 1.807) is 0 Å². The van der Waals surface area contributed by atoms with Crippen LogP contribution in [0.15, 0.2) is 59.6 Å². The third-order valence-electron chi connectivity index (χ3n) is 4.91. The molecule has 2 heterocycles. The number of benzene rings is 2. The summed E-state index contributed by atoms with van der Waals surface area (Å²) in [7, 11) is -1.70. The number of carbonyl (C=O) groups is 1. The van der Waals surface area contributed by atoms with E-state index in [9.17, 15) is 22.0 Å². The van der Waals surface area contributed by atoms with Gasteiger partial charge < -0.3 is 9.47 Å². The van der Waals surface area contributed by atoms with Crippen LogP contribution in [-0.4, -0.2) is 33.7 Å². The number of halogens is 2. The first kappa shape index (κ1) is 21.5. The second-order valence-corrected chi connectivity index (χ2v) is 8.49. The van der Waals surface area contributed by atoms with Crippen molar-refractivity contribution in [3.8, 4) is 11.6 Å². The summed E-state index contributed by atoms with van der Waals surface area (Å²) in [5.74, 6) is -1.80.